The average molecular weight is 304 g/mol. The van der Waals surface area contributed by atoms with Crippen LogP contribution in [0, 0.1) is 6.92 Å². The molecule has 122 valence electrons. The number of hydrogen-bond acceptors (Lipinski definition) is 2. The zero-order valence-corrected chi connectivity index (χ0v) is 14.0. The summed E-state index contributed by atoms with van der Waals surface area (Å²) in [4.78, 5) is 25.3. The average Bonchev–Trinajstić information content (AvgIpc) is 2.45. The van der Waals surface area contributed by atoms with Crippen LogP contribution in [0.15, 0.2) is 24.3 Å². The Hall–Kier alpha value is -1.84. The first-order chi connectivity index (χ1) is 10.5. The summed E-state index contributed by atoms with van der Waals surface area (Å²) >= 11 is 0. The Labute approximate surface area is 133 Å². The van der Waals surface area contributed by atoms with Crippen molar-refractivity contribution in [2.75, 3.05) is 19.6 Å². The van der Waals surface area contributed by atoms with Crippen LogP contribution in [0.25, 0.3) is 0 Å². The number of rotatable bonds is 9. The summed E-state index contributed by atoms with van der Waals surface area (Å²) in [5.74, 6) is 0.0756. The number of nitrogens with one attached hydrogen (secondary N) is 1. The first kappa shape index (κ1) is 18.2. The highest BCUT2D eigenvalue weighted by molar-refractivity contribution is 5.78. The van der Waals surface area contributed by atoms with Crippen molar-refractivity contribution >= 4 is 11.8 Å². The van der Waals surface area contributed by atoms with Crippen LogP contribution in [0.3, 0.4) is 0 Å². The number of aryl methyl sites for hydroxylation is 1. The molecule has 0 aliphatic rings. The van der Waals surface area contributed by atoms with Crippen molar-refractivity contribution in [3.8, 4) is 0 Å². The van der Waals surface area contributed by atoms with Crippen molar-refractivity contribution in [1.29, 1.82) is 0 Å². The molecule has 0 saturated heterocycles. The molecule has 0 saturated carbocycles. The minimum absolute atomic E-state index is 0.00246. The van der Waals surface area contributed by atoms with E-state index in [1.807, 2.05) is 36.1 Å². The highest BCUT2D eigenvalue weighted by atomic mass is 16.2. The van der Waals surface area contributed by atoms with Crippen LogP contribution in [-0.2, 0) is 16.0 Å². The van der Waals surface area contributed by atoms with Gasteiger partial charge < -0.3 is 10.2 Å². The van der Waals surface area contributed by atoms with Crippen molar-refractivity contribution in [1.82, 2.24) is 10.2 Å². The Morgan fingerprint density at radius 1 is 1.18 bits per heavy atom. The molecule has 4 nitrogen and oxygen atoms in total. The first-order valence-electron chi connectivity index (χ1n) is 8.10. The maximum atomic E-state index is 11.9. The highest BCUT2D eigenvalue weighted by Gasteiger charge is 2.09. The van der Waals surface area contributed by atoms with Gasteiger partial charge in [0.1, 0.15) is 0 Å². The Kier molecular flexibility index (Phi) is 8.26. The fourth-order valence-corrected chi connectivity index (χ4v) is 2.38. The molecule has 0 radical (unpaired) electrons. The van der Waals surface area contributed by atoms with Crippen molar-refractivity contribution in [2.45, 2.75) is 46.5 Å². The van der Waals surface area contributed by atoms with Gasteiger partial charge in [0, 0.05) is 26.6 Å². The molecule has 1 N–H and O–H groups in total. The van der Waals surface area contributed by atoms with Gasteiger partial charge in [-0.05, 0) is 18.9 Å². The molecular weight excluding hydrogens is 276 g/mol. The summed E-state index contributed by atoms with van der Waals surface area (Å²) in [6.45, 7) is 7.61. The van der Waals surface area contributed by atoms with E-state index in [1.165, 1.54) is 0 Å². The second-order valence-electron chi connectivity index (χ2n) is 5.73. The second kappa shape index (κ2) is 9.98. The molecule has 1 aromatic carbocycles. The van der Waals surface area contributed by atoms with E-state index >= 15 is 0 Å². The molecule has 0 bridgehead atoms. The maximum Gasteiger partial charge on any atom is 0.224 e. The minimum atomic E-state index is 0.00246. The SMILES string of the molecule is CCCCCN(CCNC(=O)Cc1cccc(C)c1)C(C)=O. The van der Waals surface area contributed by atoms with Crippen LogP contribution in [0.1, 0.15) is 44.2 Å². The van der Waals surface area contributed by atoms with Gasteiger partial charge in [-0.15, -0.1) is 0 Å². The molecule has 0 aliphatic carbocycles. The molecule has 1 aromatic rings. The van der Waals surface area contributed by atoms with E-state index < -0.39 is 0 Å². The molecule has 22 heavy (non-hydrogen) atoms. The molecule has 2 amide bonds. The number of nitrogens with zero attached hydrogens (tertiary/aromatic N) is 1. The van der Waals surface area contributed by atoms with Gasteiger partial charge in [0.2, 0.25) is 11.8 Å². The van der Waals surface area contributed by atoms with Crippen molar-refractivity contribution in [2.24, 2.45) is 0 Å². The third-order valence-corrected chi connectivity index (χ3v) is 3.63. The van der Waals surface area contributed by atoms with Gasteiger partial charge in [-0.25, -0.2) is 0 Å². The molecular formula is C18H28N2O2. The predicted octanol–water partition coefficient (Wildman–Crippen LogP) is 2.69. The number of carbonyl (C=O) groups is 2. The molecule has 0 atom stereocenters. The standard InChI is InChI=1S/C18H28N2O2/c1-4-5-6-11-20(16(3)21)12-10-19-18(22)14-17-9-7-8-15(2)13-17/h7-9,13H,4-6,10-12,14H2,1-3H3,(H,19,22). The van der Waals surface area contributed by atoms with E-state index in [0.29, 0.717) is 19.5 Å². The van der Waals surface area contributed by atoms with Gasteiger partial charge in [-0.1, -0.05) is 49.6 Å². The van der Waals surface area contributed by atoms with E-state index in [4.69, 9.17) is 0 Å². The summed E-state index contributed by atoms with van der Waals surface area (Å²) < 4.78 is 0. The van der Waals surface area contributed by atoms with E-state index in [9.17, 15) is 9.59 Å². The van der Waals surface area contributed by atoms with Crippen molar-refractivity contribution in [3.05, 3.63) is 35.4 Å². The fraction of sp³-hybridized carbons (Fsp3) is 0.556. The van der Waals surface area contributed by atoms with Gasteiger partial charge >= 0.3 is 0 Å². The molecule has 0 heterocycles. The fourth-order valence-electron chi connectivity index (χ4n) is 2.38. The largest absolute Gasteiger partial charge is 0.354 e. The van der Waals surface area contributed by atoms with E-state index in [1.54, 1.807) is 6.92 Å². The molecule has 0 unspecified atom stereocenters. The van der Waals surface area contributed by atoms with Crippen LogP contribution in [0.4, 0.5) is 0 Å². The van der Waals surface area contributed by atoms with Crippen LogP contribution in [-0.4, -0.2) is 36.3 Å². The molecule has 4 heteroatoms. The van der Waals surface area contributed by atoms with Crippen LogP contribution in [0.2, 0.25) is 0 Å². The Morgan fingerprint density at radius 3 is 2.59 bits per heavy atom. The number of hydrogen-bond donors (Lipinski definition) is 1. The zero-order chi connectivity index (χ0) is 16.4. The van der Waals surface area contributed by atoms with Crippen molar-refractivity contribution in [3.63, 3.8) is 0 Å². The second-order valence-corrected chi connectivity index (χ2v) is 5.73. The summed E-state index contributed by atoms with van der Waals surface area (Å²) in [6, 6.07) is 7.96. The molecule has 0 aromatic heterocycles. The predicted molar refractivity (Wildman–Crippen MR) is 89.7 cm³/mol. The van der Waals surface area contributed by atoms with Gasteiger partial charge in [0.15, 0.2) is 0 Å². The normalized spacial score (nSPS) is 10.3. The molecule has 1 rings (SSSR count). The third kappa shape index (κ3) is 7.25. The maximum absolute atomic E-state index is 11.9. The number of benzene rings is 1. The summed E-state index contributed by atoms with van der Waals surface area (Å²) in [7, 11) is 0. The lowest BCUT2D eigenvalue weighted by atomic mass is 10.1. The number of unbranched alkanes of at least 4 members (excludes halogenated alkanes) is 2. The van der Waals surface area contributed by atoms with Crippen molar-refractivity contribution < 1.29 is 9.59 Å². The minimum Gasteiger partial charge on any atom is -0.354 e. The quantitative estimate of drug-likeness (QED) is 0.713. The summed E-state index contributed by atoms with van der Waals surface area (Å²) in [6.07, 6.45) is 3.67. The lowest BCUT2D eigenvalue weighted by Gasteiger charge is -2.21. The van der Waals surface area contributed by atoms with Crippen LogP contribution >= 0.6 is 0 Å². The monoisotopic (exact) mass is 304 g/mol. The smallest absolute Gasteiger partial charge is 0.224 e. The topological polar surface area (TPSA) is 49.4 Å². The summed E-state index contributed by atoms with van der Waals surface area (Å²) in [5, 5.41) is 2.89. The van der Waals surface area contributed by atoms with Crippen LogP contribution in [0.5, 0.6) is 0 Å². The molecule has 0 aliphatic heterocycles. The Balaban J connectivity index is 2.31. The number of carbonyl (C=O) groups excluding carboxylic acids is 2. The van der Waals surface area contributed by atoms with E-state index in [2.05, 4.69) is 12.2 Å². The third-order valence-electron chi connectivity index (χ3n) is 3.63. The Bertz CT molecular complexity index is 486. The van der Waals surface area contributed by atoms with E-state index in [0.717, 1.165) is 36.9 Å². The van der Waals surface area contributed by atoms with E-state index in [-0.39, 0.29) is 11.8 Å². The van der Waals surface area contributed by atoms with Gasteiger partial charge in [-0.3, -0.25) is 9.59 Å². The molecule has 0 spiro atoms. The van der Waals surface area contributed by atoms with Crippen LogP contribution < -0.4 is 5.32 Å². The lowest BCUT2D eigenvalue weighted by Crippen LogP contribution is -2.38. The lowest BCUT2D eigenvalue weighted by molar-refractivity contribution is -0.129. The summed E-state index contributed by atoms with van der Waals surface area (Å²) in [5.41, 5.74) is 2.17. The van der Waals surface area contributed by atoms with Gasteiger partial charge in [-0.2, -0.15) is 0 Å². The number of amides is 2. The first-order valence-corrected chi connectivity index (χ1v) is 8.10. The molecule has 0 fully saturated rings. The highest BCUT2D eigenvalue weighted by Crippen LogP contribution is 2.04. The van der Waals surface area contributed by atoms with Gasteiger partial charge in [0.25, 0.3) is 0 Å². The Morgan fingerprint density at radius 2 is 1.95 bits per heavy atom. The van der Waals surface area contributed by atoms with Gasteiger partial charge in [0.05, 0.1) is 6.42 Å². The zero-order valence-electron chi connectivity index (χ0n) is 14.0.